The summed E-state index contributed by atoms with van der Waals surface area (Å²) in [6.45, 7) is 11.5. The third-order valence-electron chi connectivity index (χ3n) is 5.94. The maximum absolute atomic E-state index is 12.7. The Labute approximate surface area is 177 Å². The number of aromatic nitrogens is 1. The molecule has 1 unspecified atom stereocenters. The van der Waals surface area contributed by atoms with Gasteiger partial charge in [0, 0.05) is 32.7 Å². The number of nitrogens with one attached hydrogen (secondary N) is 1. The number of morpholine rings is 1. The van der Waals surface area contributed by atoms with Gasteiger partial charge in [0.1, 0.15) is 0 Å². The molecule has 29 heavy (non-hydrogen) atoms. The Morgan fingerprint density at radius 3 is 2.93 bits per heavy atom. The lowest BCUT2D eigenvalue weighted by atomic mass is 9.97. The lowest BCUT2D eigenvalue weighted by Gasteiger charge is -2.32. The fourth-order valence-electron chi connectivity index (χ4n) is 4.34. The second kappa shape index (κ2) is 9.41. The maximum Gasteiger partial charge on any atom is 0.224 e. The van der Waals surface area contributed by atoms with Gasteiger partial charge in [0.25, 0.3) is 0 Å². The molecular formula is C22H32N4O2S. The van der Waals surface area contributed by atoms with Crippen molar-refractivity contribution in [2.75, 3.05) is 57.4 Å². The van der Waals surface area contributed by atoms with E-state index in [9.17, 15) is 4.79 Å². The van der Waals surface area contributed by atoms with E-state index in [0.29, 0.717) is 0 Å². The van der Waals surface area contributed by atoms with Gasteiger partial charge in [-0.15, -0.1) is 0 Å². The van der Waals surface area contributed by atoms with Crippen molar-refractivity contribution in [3.05, 3.63) is 23.3 Å². The number of fused-ring (bicyclic) bond motifs is 1. The second-order valence-electron chi connectivity index (χ2n) is 8.31. The van der Waals surface area contributed by atoms with E-state index in [0.717, 1.165) is 82.4 Å². The van der Waals surface area contributed by atoms with Crippen molar-refractivity contribution >= 4 is 32.6 Å². The SMILES string of the molecule is Cc1cc(C)c2nc(N3CCCC(C(=O)NCCCN4CCOCC4)C3)sc2c1. The van der Waals surface area contributed by atoms with E-state index in [1.54, 1.807) is 11.3 Å². The number of anilines is 1. The van der Waals surface area contributed by atoms with Crippen molar-refractivity contribution < 1.29 is 9.53 Å². The Morgan fingerprint density at radius 2 is 2.10 bits per heavy atom. The summed E-state index contributed by atoms with van der Waals surface area (Å²) in [5, 5.41) is 4.22. The van der Waals surface area contributed by atoms with Crippen molar-refractivity contribution in [2.24, 2.45) is 5.92 Å². The fourth-order valence-corrected chi connectivity index (χ4v) is 5.52. The van der Waals surface area contributed by atoms with Gasteiger partial charge in [-0.2, -0.15) is 0 Å². The number of nitrogens with zero attached hydrogens (tertiary/aromatic N) is 3. The minimum absolute atomic E-state index is 0.0574. The Bertz CT molecular complexity index is 847. The van der Waals surface area contributed by atoms with Crippen LogP contribution in [0.1, 0.15) is 30.4 Å². The van der Waals surface area contributed by atoms with Crippen LogP contribution in [0.3, 0.4) is 0 Å². The number of thiazole rings is 1. The molecule has 0 aliphatic carbocycles. The molecule has 1 aromatic heterocycles. The van der Waals surface area contributed by atoms with Crippen molar-refractivity contribution in [1.29, 1.82) is 0 Å². The van der Waals surface area contributed by atoms with Gasteiger partial charge in [0.2, 0.25) is 5.91 Å². The maximum atomic E-state index is 12.7. The Kier molecular flexibility index (Phi) is 6.67. The molecule has 2 aliphatic rings. The number of hydrogen-bond acceptors (Lipinski definition) is 6. The van der Waals surface area contributed by atoms with E-state index in [2.05, 4.69) is 41.1 Å². The predicted molar refractivity (Wildman–Crippen MR) is 119 cm³/mol. The minimum Gasteiger partial charge on any atom is -0.379 e. The first-order valence-electron chi connectivity index (χ1n) is 10.8. The molecule has 7 heteroatoms. The molecule has 0 spiro atoms. The number of ether oxygens (including phenoxy) is 1. The van der Waals surface area contributed by atoms with Crippen LogP contribution < -0.4 is 10.2 Å². The number of aryl methyl sites for hydroxylation is 2. The van der Waals surface area contributed by atoms with Gasteiger partial charge >= 0.3 is 0 Å². The summed E-state index contributed by atoms with van der Waals surface area (Å²) in [5.41, 5.74) is 3.61. The van der Waals surface area contributed by atoms with Crippen LogP contribution in [-0.4, -0.2) is 68.3 Å². The molecule has 4 rings (SSSR count). The van der Waals surface area contributed by atoms with E-state index in [-0.39, 0.29) is 11.8 Å². The van der Waals surface area contributed by atoms with Gasteiger partial charge in [-0.05, 0) is 56.8 Å². The molecule has 0 saturated carbocycles. The summed E-state index contributed by atoms with van der Waals surface area (Å²) in [7, 11) is 0. The zero-order chi connectivity index (χ0) is 20.2. The third-order valence-corrected chi connectivity index (χ3v) is 7.00. The number of piperidine rings is 1. The van der Waals surface area contributed by atoms with Crippen LogP contribution >= 0.6 is 11.3 Å². The summed E-state index contributed by atoms with van der Waals surface area (Å²) < 4.78 is 6.62. The van der Waals surface area contributed by atoms with Gasteiger partial charge < -0.3 is 15.0 Å². The molecule has 2 fully saturated rings. The first kappa shape index (κ1) is 20.6. The number of hydrogen-bond donors (Lipinski definition) is 1. The normalized spacial score (nSPS) is 20.9. The molecule has 1 N–H and O–H groups in total. The highest BCUT2D eigenvalue weighted by molar-refractivity contribution is 7.22. The highest BCUT2D eigenvalue weighted by atomic mass is 32.1. The molecule has 2 aliphatic heterocycles. The molecular weight excluding hydrogens is 384 g/mol. The average molecular weight is 417 g/mol. The highest BCUT2D eigenvalue weighted by Crippen LogP contribution is 2.33. The lowest BCUT2D eigenvalue weighted by Crippen LogP contribution is -2.44. The number of carbonyl (C=O) groups excluding carboxylic acids is 1. The monoisotopic (exact) mass is 416 g/mol. The predicted octanol–water partition coefficient (Wildman–Crippen LogP) is 2.97. The standard InChI is InChI=1S/C22H32N4O2S/c1-16-13-17(2)20-19(14-16)29-22(24-20)26-8-3-5-18(15-26)21(27)23-6-4-7-25-9-11-28-12-10-25/h13-14,18H,3-12,15H2,1-2H3,(H,23,27). The summed E-state index contributed by atoms with van der Waals surface area (Å²) in [4.78, 5) is 22.3. The van der Waals surface area contributed by atoms with Crippen LogP contribution in [0.4, 0.5) is 5.13 Å². The molecule has 1 aromatic carbocycles. The smallest absolute Gasteiger partial charge is 0.224 e. The van der Waals surface area contributed by atoms with Crippen LogP contribution in [0, 0.1) is 19.8 Å². The lowest BCUT2D eigenvalue weighted by molar-refractivity contribution is -0.125. The highest BCUT2D eigenvalue weighted by Gasteiger charge is 2.27. The van der Waals surface area contributed by atoms with E-state index in [1.165, 1.54) is 15.8 Å². The first-order chi connectivity index (χ1) is 14.1. The quantitative estimate of drug-likeness (QED) is 0.734. The van der Waals surface area contributed by atoms with Crippen LogP contribution in [0.5, 0.6) is 0 Å². The van der Waals surface area contributed by atoms with E-state index >= 15 is 0 Å². The third kappa shape index (κ3) is 5.08. The van der Waals surface area contributed by atoms with Gasteiger partial charge in [-0.3, -0.25) is 9.69 Å². The second-order valence-corrected chi connectivity index (χ2v) is 9.32. The molecule has 2 aromatic rings. The molecule has 1 amide bonds. The molecule has 158 valence electrons. The van der Waals surface area contributed by atoms with E-state index < -0.39 is 0 Å². The number of amides is 1. The minimum atomic E-state index is 0.0574. The first-order valence-corrected chi connectivity index (χ1v) is 11.6. The summed E-state index contributed by atoms with van der Waals surface area (Å²) in [6, 6.07) is 4.40. The van der Waals surface area contributed by atoms with Crippen molar-refractivity contribution in [2.45, 2.75) is 33.1 Å². The molecule has 2 saturated heterocycles. The molecule has 1 atom stereocenters. The average Bonchev–Trinajstić information content (AvgIpc) is 3.16. The summed E-state index contributed by atoms with van der Waals surface area (Å²) in [6.07, 6.45) is 3.01. The number of carbonyl (C=O) groups is 1. The zero-order valence-electron chi connectivity index (χ0n) is 17.6. The van der Waals surface area contributed by atoms with Gasteiger partial charge in [0.15, 0.2) is 5.13 Å². The van der Waals surface area contributed by atoms with Crippen LogP contribution in [0.25, 0.3) is 10.2 Å². The molecule has 6 nitrogen and oxygen atoms in total. The largest absolute Gasteiger partial charge is 0.379 e. The summed E-state index contributed by atoms with van der Waals surface area (Å²) in [5.74, 6) is 0.256. The number of rotatable bonds is 6. The van der Waals surface area contributed by atoms with Gasteiger partial charge in [-0.25, -0.2) is 4.98 Å². The Hall–Kier alpha value is -1.70. The molecule has 0 bridgehead atoms. The Balaban J connectivity index is 1.29. The Morgan fingerprint density at radius 1 is 1.28 bits per heavy atom. The van der Waals surface area contributed by atoms with E-state index in [4.69, 9.17) is 9.72 Å². The van der Waals surface area contributed by atoms with Crippen molar-refractivity contribution in [3.8, 4) is 0 Å². The molecule has 0 radical (unpaired) electrons. The zero-order valence-corrected chi connectivity index (χ0v) is 18.4. The van der Waals surface area contributed by atoms with Gasteiger partial charge in [0.05, 0.1) is 29.3 Å². The van der Waals surface area contributed by atoms with Crippen LogP contribution in [0.15, 0.2) is 12.1 Å². The number of benzene rings is 1. The van der Waals surface area contributed by atoms with Crippen LogP contribution in [-0.2, 0) is 9.53 Å². The summed E-state index contributed by atoms with van der Waals surface area (Å²) >= 11 is 1.75. The fraction of sp³-hybridized carbons (Fsp3) is 0.636. The van der Waals surface area contributed by atoms with Gasteiger partial charge in [-0.1, -0.05) is 17.4 Å². The van der Waals surface area contributed by atoms with E-state index in [1.807, 2.05) is 0 Å². The van der Waals surface area contributed by atoms with Crippen molar-refractivity contribution in [1.82, 2.24) is 15.2 Å². The molecule has 3 heterocycles. The topological polar surface area (TPSA) is 57.7 Å². The van der Waals surface area contributed by atoms with Crippen molar-refractivity contribution in [3.63, 3.8) is 0 Å². The van der Waals surface area contributed by atoms with Crippen LogP contribution in [0.2, 0.25) is 0 Å².